The molecule has 2 rings (SSSR count). The van der Waals surface area contributed by atoms with Crippen molar-refractivity contribution in [1.82, 2.24) is 9.97 Å². The lowest BCUT2D eigenvalue weighted by Crippen LogP contribution is -2.33. The molecule has 0 radical (unpaired) electrons. The van der Waals surface area contributed by atoms with Crippen molar-refractivity contribution in [3.63, 3.8) is 0 Å². The van der Waals surface area contributed by atoms with Gasteiger partial charge in [-0.2, -0.15) is 8.62 Å². The Morgan fingerprint density at radius 1 is 1.07 bits per heavy atom. The molecule has 3 unspecified atom stereocenters. The normalized spacial score (nSPS) is 29.9. The number of ether oxygens (including phenoxy) is 1. The summed E-state index contributed by atoms with van der Waals surface area (Å²) in [6.45, 7) is -0.949. The van der Waals surface area contributed by atoms with Gasteiger partial charge in [0.05, 0.1) is 6.61 Å². The van der Waals surface area contributed by atoms with Gasteiger partial charge in [-0.25, -0.2) is 23.5 Å². The maximum absolute atomic E-state index is 11.6. The minimum Gasteiger partial charge on any atom is -0.387 e. The SMILES string of the molecule is O=c1ncc([C@@H]2O[C@H](COP(=O)(O)OP(=O)(O)OP(=O)(O)O)C(O)[C@@H]2O)c[nH]1. The van der Waals surface area contributed by atoms with Crippen molar-refractivity contribution in [3.8, 4) is 0 Å². The first-order valence-electron chi connectivity index (χ1n) is 7.04. The zero-order chi connectivity index (χ0) is 21.3. The molecule has 19 heteroatoms. The van der Waals surface area contributed by atoms with Gasteiger partial charge in [0.1, 0.15) is 24.4 Å². The molecule has 0 aliphatic carbocycles. The molecule has 0 bridgehead atoms. The van der Waals surface area contributed by atoms with E-state index in [0.717, 1.165) is 12.4 Å². The molecule has 1 aromatic heterocycles. The first kappa shape index (κ1) is 23.4. The highest BCUT2D eigenvalue weighted by Crippen LogP contribution is 2.66. The lowest BCUT2D eigenvalue weighted by molar-refractivity contribution is -0.0224. The summed E-state index contributed by atoms with van der Waals surface area (Å²) in [5.74, 6) is 0. The topological polar surface area (TPSA) is 255 Å². The van der Waals surface area contributed by atoms with Gasteiger partial charge in [0, 0.05) is 18.0 Å². The molecule has 1 aliphatic rings. The average molecular weight is 468 g/mol. The Bertz CT molecular complexity index is 878. The minimum atomic E-state index is -5.68. The third kappa shape index (κ3) is 6.61. The number of aromatic nitrogens is 2. The van der Waals surface area contributed by atoms with E-state index in [1.165, 1.54) is 0 Å². The maximum atomic E-state index is 11.6. The van der Waals surface area contributed by atoms with Crippen LogP contribution in [0.2, 0.25) is 0 Å². The molecule has 7 N–H and O–H groups in total. The molecule has 1 saturated heterocycles. The molecule has 2 heterocycles. The summed E-state index contributed by atoms with van der Waals surface area (Å²) in [5, 5.41) is 19.9. The number of phosphoric acid groups is 3. The Hall–Kier alpha value is -0.830. The summed E-state index contributed by atoms with van der Waals surface area (Å²) in [6.07, 6.45) is -3.62. The zero-order valence-electron chi connectivity index (χ0n) is 13.4. The van der Waals surface area contributed by atoms with Crippen LogP contribution in [0.3, 0.4) is 0 Å². The van der Waals surface area contributed by atoms with Crippen LogP contribution in [0.1, 0.15) is 11.7 Å². The Kier molecular flexibility index (Phi) is 7.12. The third-order valence-corrected chi connectivity index (χ3v) is 7.00. The van der Waals surface area contributed by atoms with Gasteiger partial charge in [0.15, 0.2) is 0 Å². The van der Waals surface area contributed by atoms with Crippen molar-refractivity contribution in [2.24, 2.45) is 0 Å². The van der Waals surface area contributed by atoms with Crippen LogP contribution < -0.4 is 5.69 Å². The predicted octanol–water partition coefficient (Wildman–Crippen LogP) is -1.73. The monoisotopic (exact) mass is 468 g/mol. The summed E-state index contributed by atoms with van der Waals surface area (Å²) in [7, 11) is -16.6. The number of hydrogen-bond acceptors (Lipinski definition) is 11. The second kappa shape index (κ2) is 8.50. The van der Waals surface area contributed by atoms with Gasteiger partial charge < -0.3 is 39.5 Å². The fraction of sp³-hybridized carbons (Fsp3) is 0.556. The molecule has 0 saturated carbocycles. The maximum Gasteiger partial charge on any atom is 0.490 e. The van der Waals surface area contributed by atoms with Gasteiger partial charge in [0.25, 0.3) is 0 Å². The number of rotatable bonds is 8. The fourth-order valence-electron chi connectivity index (χ4n) is 2.14. The van der Waals surface area contributed by atoms with Gasteiger partial charge >= 0.3 is 29.2 Å². The van der Waals surface area contributed by atoms with Crippen LogP contribution in [0.4, 0.5) is 0 Å². The number of H-pyrrole nitrogens is 1. The summed E-state index contributed by atoms with van der Waals surface area (Å²) >= 11 is 0. The predicted molar refractivity (Wildman–Crippen MR) is 84.3 cm³/mol. The molecular weight excluding hydrogens is 453 g/mol. The molecule has 0 spiro atoms. The van der Waals surface area contributed by atoms with Crippen LogP contribution in [0, 0.1) is 0 Å². The average Bonchev–Trinajstić information content (AvgIpc) is 2.78. The number of aromatic amines is 1. The van der Waals surface area contributed by atoms with Crippen molar-refractivity contribution in [3.05, 3.63) is 28.4 Å². The highest BCUT2D eigenvalue weighted by atomic mass is 31.3. The lowest BCUT2D eigenvalue weighted by Gasteiger charge is -2.19. The number of nitrogens with one attached hydrogen (secondary N) is 1. The molecule has 1 fully saturated rings. The van der Waals surface area contributed by atoms with Crippen molar-refractivity contribution >= 4 is 23.5 Å². The van der Waals surface area contributed by atoms with Gasteiger partial charge in [-0.1, -0.05) is 0 Å². The number of aliphatic hydroxyl groups is 2. The fourth-order valence-corrected chi connectivity index (χ4v) is 5.17. The van der Waals surface area contributed by atoms with Crippen molar-refractivity contribution < 1.29 is 61.4 Å². The Morgan fingerprint density at radius 2 is 1.71 bits per heavy atom. The van der Waals surface area contributed by atoms with Gasteiger partial charge in [-0.05, 0) is 0 Å². The van der Waals surface area contributed by atoms with Crippen LogP contribution in [0.15, 0.2) is 17.2 Å². The summed E-state index contributed by atoms with van der Waals surface area (Å²) < 4.78 is 50.1. The summed E-state index contributed by atoms with van der Waals surface area (Å²) in [6, 6.07) is 0. The second-order valence-electron chi connectivity index (χ2n) is 5.32. The van der Waals surface area contributed by atoms with Crippen molar-refractivity contribution in [1.29, 1.82) is 0 Å². The van der Waals surface area contributed by atoms with E-state index in [9.17, 15) is 33.6 Å². The van der Waals surface area contributed by atoms with E-state index in [2.05, 4.69) is 23.1 Å². The van der Waals surface area contributed by atoms with E-state index in [4.69, 9.17) is 19.4 Å². The Labute approximate surface area is 155 Å². The molecule has 28 heavy (non-hydrogen) atoms. The smallest absolute Gasteiger partial charge is 0.387 e. The van der Waals surface area contributed by atoms with Crippen LogP contribution >= 0.6 is 23.5 Å². The van der Waals surface area contributed by atoms with Crippen LogP contribution in [-0.4, -0.2) is 64.7 Å². The lowest BCUT2D eigenvalue weighted by atomic mass is 10.0. The highest BCUT2D eigenvalue weighted by Gasteiger charge is 2.46. The van der Waals surface area contributed by atoms with Gasteiger partial charge in [-0.3, -0.25) is 4.52 Å². The standard InChI is InChI=1S/C9H15N2O14P3/c12-6-5(23-8(7(6)13)4-1-10-9(14)11-2-4)3-22-27(18,19)25-28(20,21)24-26(15,16)17/h1-2,5-8,12-13H,3H2,(H,18,19)(H,20,21)(H,10,11,14)(H2,15,16,17)/t5-,6?,7+,8+/m1/s1. The van der Waals surface area contributed by atoms with Gasteiger partial charge in [-0.15, -0.1) is 0 Å². The molecule has 0 amide bonds. The number of hydrogen-bond donors (Lipinski definition) is 7. The molecule has 0 aromatic carbocycles. The minimum absolute atomic E-state index is 0.159. The largest absolute Gasteiger partial charge is 0.490 e. The molecular formula is C9H15N2O14P3. The molecule has 1 aliphatic heterocycles. The Morgan fingerprint density at radius 3 is 2.25 bits per heavy atom. The number of nitrogens with zero attached hydrogens (tertiary/aromatic N) is 1. The van der Waals surface area contributed by atoms with E-state index in [1.54, 1.807) is 0 Å². The third-order valence-electron chi connectivity index (χ3n) is 3.20. The first-order valence-corrected chi connectivity index (χ1v) is 11.6. The summed E-state index contributed by atoms with van der Waals surface area (Å²) in [5.41, 5.74) is -0.520. The van der Waals surface area contributed by atoms with E-state index in [0.29, 0.717) is 0 Å². The highest BCUT2D eigenvalue weighted by molar-refractivity contribution is 7.66. The van der Waals surface area contributed by atoms with E-state index in [-0.39, 0.29) is 5.56 Å². The van der Waals surface area contributed by atoms with Crippen molar-refractivity contribution in [2.45, 2.75) is 24.4 Å². The Balaban J connectivity index is 2.00. The van der Waals surface area contributed by atoms with E-state index in [1.807, 2.05) is 0 Å². The molecule has 160 valence electrons. The number of aliphatic hydroxyl groups excluding tert-OH is 2. The van der Waals surface area contributed by atoms with E-state index >= 15 is 0 Å². The van der Waals surface area contributed by atoms with Crippen LogP contribution in [-0.2, 0) is 31.6 Å². The summed E-state index contributed by atoms with van der Waals surface area (Å²) in [4.78, 5) is 51.8. The van der Waals surface area contributed by atoms with E-state index < -0.39 is 60.2 Å². The van der Waals surface area contributed by atoms with Gasteiger partial charge in [0.2, 0.25) is 0 Å². The number of phosphoric ester groups is 1. The quantitative estimate of drug-likeness (QED) is 0.209. The zero-order valence-corrected chi connectivity index (χ0v) is 16.1. The molecule has 1 aromatic rings. The second-order valence-corrected chi connectivity index (χ2v) is 9.74. The molecule has 6 atom stereocenters. The first-order chi connectivity index (χ1) is 12.7. The van der Waals surface area contributed by atoms with Crippen LogP contribution in [0.25, 0.3) is 0 Å². The van der Waals surface area contributed by atoms with Crippen LogP contribution in [0.5, 0.6) is 0 Å². The van der Waals surface area contributed by atoms with Crippen molar-refractivity contribution in [2.75, 3.05) is 6.61 Å². The molecule has 16 nitrogen and oxygen atoms in total.